The van der Waals surface area contributed by atoms with Crippen molar-refractivity contribution in [1.82, 2.24) is 4.98 Å². The van der Waals surface area contributed by atoms with Gasteiger partial charge in [0.15, 0.2) is 0 Å². The van der Waals surface area contributed by atoms with Crippen molar-refractivity contribution in [3.63, 3.8) is 0 Å². The molecule has 0 saturated heterocycles. The number of nitrogens with one attached hydrogen (secondary N) is 1. The molecule has 1 amide bonds. The zero-order valence-electron chi connectivity index (χ0n) is 10.6. The van der Waals surface area contributed by atoms with Gasteiger partial charge in [-0.25, -0.2) is 4.98 Å². The molecule has 0 bridgehead atoms. The number of methoxy groups -OCH3 is 1. The van der Waals surface area contributed by atoms with E-state index in [2.05, 4.69) is 10.3 Å². The largest absolute Gasteiger partial charge is 0.480 e. The van der Waals surface area contributed by atoms with Crippen LogP contribution in [0.3, 0.4) is 0 Å². The Labute approximate surface area is 116 Å². The lowest BCUT2D eigenvalue weighted by molar-refractivity contribution is 0.102. The Morgan fingerprint density at radius 2 is 2.16 bits per heavy atom. The molecule has 0 fully saturated rings. The smallest absolute Gasteiger partial charge is 0.261 e. The van der Waals surface area contributed by atoms with Crippen molar-refractivity contribution in [2.45, 2.75) is 6.92 Å². The van der Waals surface area contributed by atoms with Gasteiger partial charge in [-0.2, -0.15) is 0 Å². The SMILES string of the molecule is COc1ncccc1C(=O)Nc1ccc(C)cc1Cl. The van der Waals surface area contributed by atoms with Gasteiger partial charge in [0, 0.05) is 6.20 Å². The lowest BCUT2D eigenvalue weighted by atomic mass is 10.2. The predicted octanol–water partition coefficient (Wildman–Crippen LogP) is 3.30. The first kappa shape index (κ1) is 13.4. The molecule has 0 unspecified atom stereocenters. The van der Waals surface area contributed by atoms with Crippen LogP contribution < -0.4 is 10.1 Å². The highest BCUT2D eigenvalue weighted by Gasteiger charge is 2.14. The number of halogens is 1. The number of benzene rings is 1. The van der Waals surface area contributed by atoms with E-state index in [9.17, 15) is 4.79 Å². The number of nitrogens with zero attached hydrogens (tertiary/aromatic N) is 1. The number of pyridine rings is 1. The van der Waals surface area contributed by atoms with Crippen molar-refractivity contribution in [2.24, 2.45) is 0 Å². The number of hydrogen-bond donors (Lipinski definition) is 1. The van der Waals surface area contributed by atoms with E-state index in [-0.39, 0.29) is 11.8 Å². The molecule has 0 atom stereocenters. The number of ether oxygens (including phenoxy) is 1. The summed E-state index contributed by atoms with van der Waals surface area (Å²) in [6.07, 6.45) is 1.56. The summed E-state index contributed by atoms with van der Waals surface area (Å²) in [6.45, 7) is 1.93. The Morgan fingerprint density at radius 3 is 2.84 bits per heavy atom. The van der Waals surface area contributed by atoms with Gasteiger partial charge in [-0.1, -0.05) is 17.7 Å². The molecule has 19 heavy (non-hydrogen) atoms. The number of hydrogen-bond acceptors (Lipinski definition) is 3. The summed E-state index contributed by atoms with van der Waals surface area (Å²) in [6, 6.07) is 8.75. The van der Waals surface area contributed by atoms with Gasteiger partial charge in [0.05, 0.1) is 17.8 Å². The zero-order chi connectivity index (χ0) is 13.8. The first-order valence-corrected chi connectivity index (χ1v) is 6.06. The number of aromatic nitrogens is 1. The van der Waals surface area contributed by atoms with E-state index in [1.807, 2.05) is 13.0 Å². The molecule has 98 valence electrons. The molecular weight excluding hydrogens is 264 g/mol. The average molecular weight is 277 g/mol. The first-order chi connectivity index (χ1) is 9.11. The molecule has 0 aliphatic heterocycles. The van der Waals surface area contributed by atoms with Crippen molar-refractivity contribution in [1.29, 1.82) is 0 Å². The van der Waals surface area contributed by atoms with Gasteiger partial charge in [-0.05, 0) is 36.8 Å². The Kier molecular flexibility index (Phi) is 4.02. The van der Waals surface area contributed by atoms with Crippen molar-refractivity contribution in [3.05, 3.63) is 52.7 Å². The third-order valence-electron chi connectivity index (χ3n) is 2.58. The van der Waals surface area contributed by atoms with Crippen molar-refractivity contribution in [2.75, 3.05) is 12.4 Å². The van der Waals surface area contributed by atoms with Crippen LogP contribution in [0.15, 0.2) is 36.5 Å². The molecule has 5 heteroatoms. The average Bonchev–Trinajstić information content (AvgIpc) is 2.41. The molecule has 4 nitrogen and oxygen atoms in total. The van der Waals surface area contributed by atoms with E-state index in [0.717, 1.165) is 5.56 Å². The van der Waals surface area contributed by atoms with Gasteiger partial charge < -0.3 is 10.1 Å². The topological polar surface area (TPSA) is 51.2 Å². The standard InChI is InChI=1S/C14H13ClN2O2/c1-9-5-6-12(11(15)8-9)17-13(18)10-4-3-7-16-14(10)19-2/h3-8H,1-2H3,(H,17,18). The molecule has 1 aromatic carbocycles. The molecule has 0 aliphatic rings. The fourth-order valence-corrected chi connectivity index (χ4v) is 1.92. The molecular formula is C14H13ClN2O2. The zero-order valence-corrected chi connectivity index (χ0v) is 11.4. The van der Waals surface area contributed by atoms with Gasteiger partial charge in [0.25, 0.3) is 5.91 Å². The van der Waals surface area contributed by atoms with Crippen molar-refractivity contribution in [3.8, 4) is 5.88 Å². The lowest BCUT2D eigenvalue weighted by Crippen LogP contribution is -2.14. The third-order valence-corrected chi connectivity index (χ3v) is 2.89. The number of rotatable bonds is 3. The molecule has 0 radical (unpaired) electrons. The third kappa shape index (κ3) is 3.03. The maximum Gasteiger partial charge on any atom is 0.261 e. The summed E-state index contributed by atoms with van der Waals surface area (Å²) < 4.78 is 5.05. The fraction of sp³-hybridized carbons (Fsp3) is 0.143. The van der Waals surface area contributed by atoms with E-state index < -0.39 is 0 Å². The summed E-state index contributed by atoms with van der Waals surface area (Å²) in [5, 5.41) is 3.23. The molecule has 1 heterocycles. The molecule has 0 saturated carbocycles. The number of amides is 1. The molecule has 0 aliphatic carbocycles. The second-order valence-electron chi connectivity index (χ2n) is 4.00. The monoisotopic (exact) mass is 276 g/mol. The minimum atomic E-state index is -0.310. The molecule has 0 spiro atoms. The first-order valence-electron chi connectivity index (χ1n) is 5.68. The van der Waals surface area contributed by atoms with Crippen LogP contribution in [0.1, 0.15) is 15.9 Å². The molecule has 2 aromatic rings. The summed E-state index contributed by atoms with van der Waals surface area (Å²) in [5.74, 6) is -0.0288. The Bertz CT molecular complexity index is 614. The lowest BCUT2D eigenvalue weighted by Gasteiger charge is -2.09. The molecule has 1 aromatic heterocycles. The Morgan fingerprint density at radius 1 is 1.37 bits per heavy atom. The van der Waals surface area contributed by atoms with Gasteiger partial charge in [-0.15, -0.1) is 0 Å². The van der Waals surface area contributed by atoms with Crippen LogP contribution in [0.25, 0.3) is 0 Å². The minimum Gasteiger partial charge on any atom is -0.480 e. The van der Waals surface area contributed by atoms with Crippen LogP contribution in [0, 0.1) is 6.92 Å². The highest BCUT2D eigenvalue weighted by atomic mass is 35.5. The Balaban J connectivity index is 2.26. The van der Waals surface area contributed by atoms with Crippen LogP contribution >= 0.6 is 11.6 Å². The van der Waals surface area contributed by atoms with Gasteiger partial charge in [0.1, 0.15) is 5.56 Å². The normalized spacial score (nSPS) is 10.1. The maximum atomic E-state index is 12.1. The molecule has 2 rings (SSSR count). The number of aryl methyl sites for hydroxylation is 1. The Hall–Kier alpha value is -2.07. The number of carbonyl (C=O) groups is 1. The minimum absolute atomic E-state index is 0.281. The fourth-order valence-electron chi connectivity index (χ4n) is 1.64. The second kappa shape index (κ2) is 5.71. The summed E-state index contributed by atoms with van der Waals surface area (Å²) in [5.41, 5.74) is 1.95. The second-order valence-corrected chi connectivity index (χ2v) is 4.40. The number of carbonyl (C=O) groups excluding carboxylic acids is 1. The van der Waals surface area contributed by atoms with Crippen LogP contribution in [0.5, 0.6) is 5.88 Å². The van der Waals surface area contributed by atoms with E-state index >= 15 is 0 Å². The van der Waals surface area contributed by atoms with E-state index in [4.69, 9.17) is 16.3 Å². The van der Waals surface area contributed by atoms with E-state index in [0.29, 0.717) is 16.3 Å². The van der Waals surface area contributed by atoms with Crippen LogP contribution in [0.2, 0.25) is 5.02 Å². The quantitative estimate of drug-likeness (QED) is 0.936. The summed E-state index contributed by atoms with van der Waals surface area (Å²) in [7, 11) is 1.47. The maximum absolute atomic E-state index is 12.1. The molecule has 1 N–H and O–H groups in total. The van der Waals surface area contributed by atoms with E-state index in [1.54, 1.807) is 30.5 Å². The van der Waals surface area contributed by atoms with Gasteiger partial charge in [0.2, 0.25) is 5.88 Å². The van der Waals surface area contributed by atoms with Gasteiger partial charge >= 0.3 is 0 Å². The van der Waals surface area contributed by atoms with Crippen LogP contribution in [0.4, 0.5) is 5.69 Å². The van der Waals surface area contributed by atoms with Gasteiger partial charge in [-0.3, -0.25) is 4.79 Å². The predicted molar refractivity (Wildman–Crippen MR) is 74.9 cm³/mol. The highest BCUT2D eigenvalue weighted by Crippen LogP contribution is 2.24. The highest BCUT2D eigenvalue weighted by molar-refractivity contribution is 6.34. The van der Waals surface area contributed by atoms with Crippen LogP contribution in [-0.2, 0) is 0 Å². The van der Waals surface area contributed by atoms with Crippen molar-refractivity contribution < 1.29 is 9.53 Å². The van der Waals surface area contributed by atoms with E-state index in [1.165, 1.54) is 7.11 Å². The summed E-state index contributed by atoms with van der Waals surface area (Å²) >= 11 is 6.07. The summed E-state index contributed by atoms with van der Waals surface area (Å²) in [4.78, 5) is 16.1. The number of anilines is 1. The van der Waals surface area contributed by atoms with Crippen molar-refractivity contribution >= 4 is 23.2 Å². The van der Waals surface area contributed by atoms with Crippen LogP contribution in [-0.4, -0.2) is 18.0 Å².